The van der Waals surface area contributed by atoms with Gasteiger partial charge in [-0.05, 0) is 12.8 Å². The van der Waals surface area contributed by atoms with E-state index in [1.54, 1.807) is 0 Å². The normalized spacial score (nSPS) is 16.6. The van der Waals surface area contributed by atoms with E-state index in [2.05, 4.69) is 25.6 Å². The minimum absolute atomic E-state index is 0.144. The first kappa shape index (κ1) is 13.8. The Kier molecular flexibility index (Phi) is 4.28. The van der Waals surface area contributed by atoms with Crippen LogP contribution in [-0.4, -0.2) is 30.9 Å². The molecule has 112 valence electrons. The molecular formula is C14H20N6O. The fraction of sp³-hybridized carbons (Fsp3) is 0.571. The summed E-state index contributed by atoms with van der Waals surface area (Å²) >= 11 is 0. The first-order chi connectivity index (χ1) is 10.3. The van der Waals surface area contributed by atoms with E-state index in [1.165, 1.54) is 55.9 Å². The zero-order chi connectivity index (χ0) is 14.5. The van der Waals surface area contributed by atoms with E-state index in [0.29, 0.717) is 11.7 Å². The van der Waals surface area contributed by atoms with Crippen molar-refractivity contribution in [2.75, 3.05) is 5.32 Å². The maximum atomic E-state index is 11.9. The molecule has 7 heteroatoms. The lowest BCUT2D eigenvalue weighted by Crippen LogP contribution is -2.19. The molecule has 2 aromatic rings. The first-order valence-electron chi connectivity index (χ1n) is 7.49. The number of hydrogen-bond acceptors (Lipinski definition) is 4. The molecular weight excluding hydrogens is 268 g/mol. The molecule has 0 radical (unpaired) electrons. The number of carbonyl (C=O) groups is 1. The van der Waals surface area contributed by atoms with Gasteiger partial charge in [-0.2, -0.15) is 10.2 Å². The summed E-state index contributed by atoms with van der Waals surface area (Å²) in [5.74, 6) is 0.972. The topological polar surface area (TPSA) is 88.5 Å². The Morgan fingerprint density at radius 2 is 2.14 bits per heavy atom. The summed E-state index contributed by atoms with van der Waals surface area (Å²) in [6, 6.07) is 1.95. The van der Waals surface area contributed by atoms with Crippen LogP contribution in [0.5, 0.6) is 0 Å². The molecule has 0 aliphatic heterocycles. The van der Waals surface area contributed by atoms with Crippen molar-refractivity contribution >= 4 is 11.7 Å². The largest absolute Gasteiger partial charge is 0.308 e. The third-order valence-corrected chi connectivity index (χ3v) is 3.93. The maximum Gasteiger partial charge on any atom is 0.247 e. The number of carbonyl (C=O) groups excluding carboxylic acids is 1. The van der Waals surface area contributed by atoms with Crippen molar-refractivity contribution in [3.8, 4) is 0 Å². The molecule has 0 spiro atoms. The van der Waals surface area contributed by atoms with Crippen LogP contribution in [0.4, 0.5) is 5.82 Å². The number of nitrogens with zero attached hydrogens (tertiary/aromatic N) is 4. The van der Waals surface area contributed by atoms with Crippen molar-refractivity contribution in [1.82, 2.24) is 25.0 Å². The van der Waals surface area contributed by atoms with Crippen molar-refractivity contribution < 1.29 is 4.79 Å². The van der Waals surface area contributed by atoms with Crippen molar-refractivity contribution in [2.45, 2.75) is 51.0 Å². The van der Waals surface area contributed by atoms with E-state index in [-0.39, 0.29) is 12.5 Å². The molecule has 2 N–H and O–H groups in total. The van der Waals surface area contributed by atoms with Crippen molar-refractivity contribution in [2.24, 2.45) is 0 Å². The molecule has 0 bridgehead atoms. The van der Waals surface area contributed by atoms with Crippen LogP contribution in [0.1, 0.15) is 50.1 Å². The molecule has 1 aliphatic carbocycles. The Hall–Kier alpha value is -2.18. The van der Waals surface area contributed by atoms with Gasteiger partial charge in [0.1, 0.15) is 19.2 Å². The summed E-state index contributed by atoms with van der Waals surface area (Å²) in [6.45, 7) is 0.144. The zero-order valence-electron chi connectivity index (χ0n) is 12.0. The smallest absolute Gasteiger partial charge is 0.247 e. The summed E-state index contributed by atoms with van der Waals surface area (Å²) in [5.41, 5.74) is 1.13. The third-order valence-electron chi connectivity index (χ3n) is 3.93. The Morgan fingerprint density at radius 3 is 2.86 bits per heavy atom. The van der Waals surface area contributed by atoms with Gasteiger partial charge in [-0.1, -0.05) is 25.7 Å². The summed E-state index contributed by atoms with van der Waals surface area (Å²) in [5, 5.41) is 13.9. The standard InChI is InChI=1S/C14H20N6O/c21-14(8-20-10-15-9-16-20)17-13-7-12(18-19-13)11-5-3-1-2-4-6-11/h7,9-11H,1-6,8H2,(H2,17,18,19,21). The third kappa shape index (κ3) is 3.68. The van der Waals surface area contributed by atoms with E-state index in [1.807, 2.05) is 6.07 Å². The quantitative estimate of drug-likeness (QED) is 0.843. The van der Waals surface area contributed by atoms with Gasteiger partial charge in [-0.3, -0.25) is 9.89 Å². The zero-order valence-corrected chi connectivity index (χ0v) is 12.0. The van der Waals surface area contributed by atoms with Crippen LogP contribution in [0.3, 0.4) is 0 Å². The predicted octanol–water partition coefficient (Wildman–Crippen LogP) is 2.08. The van der Waals surface area contributed by atoms with Crippen LogP contribution in [0.15, 0.2) is 18.7 Å². The maximum absolute atomic E-state index is 11.9. The highest BCUT2D eigenvalue weighted by Crippen LogP contribution is 2.31. The molecule has 0 saturated heterocycles. The van der Waals surface area contributed by atoms with Gasteiger partial charge < -0.3 is 5.32 Å². The molecule has 0 unspecified atom stereocenters. The van der Waals surface area contributed by atoms with E-state index >= 15 is 0 Å². The molecule has 2 heterocycles. The number of hydrogen-bond donors (Lipinski definition) is 2. The van der Waals surface area contributed by atoms with Crippen molar-refractivity contribution in [1.29, 1.82) is 0 Å². The minimum atomic E-state index is -0.153. The second-order valence-electron chi connectivity index (χ2n) is 5.54. The SMILES string of the molecule is O=C(Cn1cncn1)Nc1cc(C2CCCCCC2)[nH]n1. The predicted molar refractivity (Wildman–Crippen MR) is 77.7 cm³/mol. The van der Waals surface area contributed by atoms with Gasteiger partial charge in [0.15, 0.2) is 5.82 Å². The number of anilines is 1. The lowest BCUT2D eigenvalue weighted by Gasteiger charge is -2.10. The number of H-pyrrole nitrogens is 1. The highest BCUT2D eigenvalue weighted by atomic mass is 16.2. The van der Waals surface area contributed by atoms with Crippen LogP contribution in [-0.2, 0) is 11.3 Å². The fourth-order valence-electron chi connectivity index (χ4n) is 2.84. The average molecular weight is 288 g/mol. The summed E-state index contributed by atoms with van der Waals surface area (Å²) in [4.78, 5) is 15.7. The van der Waals surface area contributed by atoms with Gasteiger partial charge in [0.2, 0.25) is 5.91 Å². The van der Waals surface area contributed by atoms with E-state index < -0.39 is 0 Å². The fourth-order valence-corrected chi connectivity index (χ4v) is 2.84. The van der Waals surface area contributed by atoms with E-state index in [4.69, 9.17) is 0 Å². The molecule has 0 aromatic carbocycles. The second kappa shape index (κ2) is 6.51. The highest BCUT2D eigenvalue weighted by Gasteiger charge is 2.17. The van der Waals surface area contributed by atoms with Crippen LogP contribution in [0, 0.1) is 0 Å². The Bertz CT molecular complexity index is 568. The highest BCUT2D eigenvalue weighted by molar-refractivity contribution is 5.89. The van der Waals surface area contributed by atoms with E-state index in [9.17, 15) is 4.79 Å². The second-order valence-corrected chi connectivity index (χ2v) is 5.54. The number of nitrogens with one attached hydrogen (secondary N) is 2. The summed E-state index contributed by atoms with van der Waals surface area (Å²) < 4.78 is 1.48. The average Bonchev–Trinajstić information content (AvgIpc) is 3.05. The van der Waals surface area contributed by atoms with Crippen molar-refractivity contribution in [3.63, 3.8) is 0 Å². The molecule has 2 aromatic heterocycles. The molecule has 1 saturated carbocycles. The Labute approximate surface area is 123 Å². The molecule has 21 heavy (non-hydrogen) atoms. The van der Waals surface area contributed by atoms with Crippen LogP contribution < -0.4 is 5.32 Å². The van der Waals surface area contributed by atoms with Crippen molar-refractivity contribution in [3.05, 3.63) is 24.4 Å². The Balaban J connectivity index is 1.58. The van der Waals surface area contributed by atoms with Gasteiger partial charge in [0.25, 0.3) is 0 Å². The van der Waals surface area contributed by atoms with Crippen LogP contribution in [0.2, 0.25) is 0 Å². The molecule has 3 rings (SSSR count). The van der Waals surface area contributed by atoms with Crippen LogP contribution in [0.25, 0.3) is 0 Å². The molecule has 1 amide bonds. The van der Waals surface area contributed by atoms with Gasteiger partial charge >= 0.3 is 0 Å². The summed E-state index contributed by atoms with van der Waals surface area (Å²) in [7, 11) is 0. The molecule has 0 atom stereocenters. The van der Waals surface area contributed by atoms with Gasteiger partial charge in [-0.25, -0.2) is 9.67 Å². The minimum Gasteiger partial charge on any atom is -0.308 e. The summed E-state index contributed by atoms with van der Waals surface area (Å²) in [6.07, 6.45) is 10.5. The molecule has 7 nitrogen and oxygen atoms in total. The Morgan fingerprint density at radius 1 is 1.33 bits per heavy atom. The van der Waals surface area contributed by atoms with Crippen LogP contribution >= 0.6 is 0 Å². The first-order valence-corrected chi connectivity index (χ1v) is 7.49. The monoisotopic (exact) mass is 288 g/mol. The van der Waals surface area contributed by atoms with Gasteiger partial charge in [-0.15, -0.1) is 0 Å². The number of amides is 1. The molecule has 1 aliphatic rings. The van der Waals surface area contributed by atoms with Gasteiger partial charge in [0.05, 0.1) is 0 Å². The number of aromatic nitrogens is 5. The van der Waals surface area contributed by atoms with E-state index in [0.717, 1.165) is 5.69 Å². The number of aromatic amines is 1. The number of rotatable bonds is 4. The molecule has 1 fully saturated rings. The lowest BCUT2D eigenvalue weighted by atomic mass is 9.97. The lowest BCUT2D eigenvalue weighted by molar-refractivity contribution is -0.116. The van der Waals surface area contributed by atoms with Gasteiger partial charge in [0, 0.05) is 17.7 Å².